The zero-order chi connectivity index (χ0) is 16.3. The standard InChI is InChI=1S/C19H23FN2O/c20-18-11-6-10-17(15-18)12-14-22-19(23)21-13-5-4-9-16-7-2-1-3-8-16/h1-3,6-8,10-11,15H,4-5,9,12-14H2,(H2,21,22,23). The van der Waals surface area contributed by atoms with Crippen molar-refractivity contribution in [1.29, 1.82) is 0 Å². The van der Waals surface area contributed by atoms with E-state index in [0.717, 1.165) is 24.8 Å². The number of halogens is 1. The van der Waals surface area contributed by atoms with E-state index in [1.165, 1.54) is 17.7 Å². The van der Waals surface area contributed by atoms with Crippen LogP contribution >= 0.6 is 0 Å². The Bertz CT molecular complexity index is 601. The van der Waals surface area contributed by atoms with Gasteiger partial charge in [-0.05, 0) is 48.9 Å². The first-order valence-electron chi connectivity index (χ1n) is 8.04. The summed E-state index contributed by atoms with van der Waals surface area (Å²) in [4.78, 5) is 11.6. The lowest BCUT2D eigenvalue weighted by molar-refractivity contribution is 0.241. The van der Waals surface area contributed by atoms with Crippen LogP contribution in [0.5, 0.6) is 0 Å². The quantitative estimate of drug-likeness (QED) is 0.717. The summed E-state index contributed by atoms with van der Waals surface area (Å²) in [6, 6.07) is 16.6. The van der Waals surface area contributed by atoms with E-state index in [-0.39, 0.29) is 11.8 Å². The highest BCUT2D eigenvalue weighted by Gasteiger charge is 2.00. The van der Waals surface area contributed by atoms with E-state index in [0.29, 0.717) is 19.5 Å². The second-order valence-corrected chi connectivity index (χ2v) is 5.51. The van der Waals surface area contributed by atoms with Crippen molar-refractivity contribution in [3.05, 3.63) is 71.5 Å². The van der Waals surface area contributed by atoms with Crippen LogP contribution in [0, 0.1) is 5.82 Å². The highest BCUT2D eigenvalue weighted by molar-refractivity contribution is 5.73. The maximum atomic E-state index is 13.0. The molecule has 0 aromatic heterocycles. The molecular formula is C19H23FN2O. The summed E-state index contributed by atoms with van der Waals surface area (Å²) in [5, 5.41) is 5.63. The van der Waals surface area contributed by atoms with Crippen molar-refractivity contribution >= 4 is 6.03 Å². The Morgan fingerprint density at radius 3 is 2.35 bits per heavy atom. The second-order valence-electron chi connectivity index (χ2n) is 5.51. The fourth-order valence-electron chi connectivity index (χ4n) is 2.38. The first kappa shape index (κ1) is 17.0. The van der Waals surface area contributed by atoms with Gasteiger partial charge in [-0.3, -0.25) is 0 Å². The van der Waals surface area contributed by atoms with Crippen molar-refractivity contribution in [2.45, 2.75) is 25.7 Å². The molecule has 2 N–H and O–H groups in total. The van der Waals surface area contributed by atoms with Crippen molar-refractivity contribution in [3.8, 4) is 0 Å². The number of carbonyl (C=O) groups excluding carboxylic acids is 1. The smallest absolute Gasteiger partial charge is 0.314 e. The van der Waals surface area contributed by atoms with Gasteiger partial charge in [0.1, 0.15) is 5.82 Å². The summed E-state index contributed by atoms with van der Waals surface area (Å²) in [6.07, 6.45) is 3.66. The third kappa shape index (κ3) is 6.96. The average Bonchev–Trinajstić information content (AvgIpc) is 2.55. The van der Waals surface area contributed by atoms with Crippen LogP contribution in [0.2, 0.25) is 0 Å². The monoisotopic (exact) mass is 314 g/mol. The van der Waals surface area contributed by atoms with Crippen molar-refractivity contribution in [3.63, 3.8) is 0 Å². The number of hydrogen-bond acceptors (Lipinski definition) is 1. The molecule has 0 spiro atoms. The summed E-state index contributed by atoms with van der Waals surface area (Å²) in [5.41, 5.74) is 2.21. The number of carbonyl (C=O) groups is 1. The van der Waals surface area contributed by atoms with Gasteiger partial charge in [0.2, 0.25) is 0 Å². The van der Waals surface area contributed by atoms with E-state index in [2.05, 4.69) is 22.8 Å². The van der Waals surface area contributed by atoms with E-state index in [1.807, 2.05) is 24.3 Å². The molecule has 0 radical (unpaired) electrons. The Labute approximate surface area is 136 Å². The Balaban J connectivity index is 1.52. The van der Waals surface area contributed by atoms with Gasteiger partial charge >= 0.3 is 6.03 Å². The number of nitrogens with one attached hydrogen (secondary N) is 2. The highest BCUT2D eigenvalue weighted by atomic mass is 19.1. The van der Waals surface area contributed by atoms with Crippen molar-refractivity contribution in [2.24, 2.45) is 0 Å². The number of amides is 2. The molecule has 4 heteroatoms. The SMILES string of the molecule is O=C(NCCCCc1ccccc1)NCCc1cccc(F)c1. The number of unbranched alkanes of at least 4 members (excludes halogenated alkanes) is 1. The van der Waals surface area contributed by atoms with Gasteiger partial charge < -0.3 is 10.6 Å². The molecule has 2 aromatic carbocycles. The summed E-state index contributed by atoms with van der Waals surface area (Å²) in [7, 11) is 0. The number of benzene rings is 2. The van der Waals surface area contributed by atoms with Crippen LogP contribution in [0.3, 0.4) is 0 Å². The van der Waals surface area contributed by atoms with Gasteiger partial charge in [-0.25, -0.2) is 9.18 Å². The summed E-state index contributed by atoms with van der Waals surface area (Å²) in [6.45, 7) is 1.16. The third-order valence-corrected chi connectivity index (χ3v) is 3.61. The Hall–Kier alpha value is -2.36. The van der Waals surface area contributed by atoms with Gasteiger partial charge in [0.25, 0.3) is 0 Å². The number of aryl methyl sites for hydroxylation is 1. The first-order chi connectivity index (χ1) is 11.2. The number of hydrogen-bond donors (Lipinski definition) is 2. The Morgan fingerprint density at radius 1 is 0.826 bits per heavy atom. The maximum Gasteiger partial charge on any atom is 0.314 e. The normalized spacial score (nSPS) is 10.3. The molecule has 23 heavy (non-hydrogen) atoms. The molecule has 0 fully saturated rings. The van der Waals surface area contributed by atoms with E-state index in [9.17, 15) is 9.18 Å². The van der Waals surface area contributed by atoms with Crippen LogP contribution in [0.4, 0.5) is 9.18 Å². The minimum Gasteiger partial charge on any atom is -0.338 e. The summed E-state index contributed by atoms with van der Waals surface area (Å²) >= 11 is 0. The molecule has 122 valence electrons. The molecule has 0 aliphatic heterocycles. The minimum absolute atomic E-state index is 0.166. The van der Waals surface area contributed by atoms with E-state index in [1.54, 1.807) is 6.07 Å². The molecule has 0 aliphatic carbocycles. The van der Waals surface area contributed by atoms with Gasteiger partial charge in [0.15, 0.2) is 0 Å². The van der Waals surface area contributed by atoms with Crippen molar-refractivity contribution in [2.75, 3.05) is 13.1 Å². The summed E-state index contributed by atoms with van der Waals surface area (Å²) < 4.78 is 13.0. The van der Waals surface area contributed by atoms with Crippen LogP contribution in [0.25, 0.3) is 0 Å². The molecule has 0 heterocycles. The molecule has 2 aromatic rings. The molecule has 2 rings (SSSR count). The first-order valence-corrected chi connectivity index (χ1v) is 8.04. The fraction of sp³-hybridized carbons (Fsp3) is 0.316. The van der Waals surface area contributed by atoms with Crippen LogP contribution in [-0.2, 0) is 12.8 Å². The topological polar surface area (TPSA) is 41.1 Å². The molecular weight excluding hydrogens is 291 g/mol. The molecule has 3 nitrogen and oxygen atoms in total. The van der Waals surface area contributed by atoms with Gasteiger partial charge in [0.05, 0.1) is 0 Å². The maximum absolute atomic E-state index is 13.0. The lowest BCUT2D eigenvalue weighted by atomic mass is 10.1. The lowest BCUT2D eigenvalue weighted by Crippen LogP contribution is -2.37. The van der Waals surface area contributed by atoms with Gasteiger partial charge in [-0.15, -0.1) is 0 Å². The van der Waals surface area contributed by atoms with Crippen LogP contribution < -0.4 is 10.6 Å². The molecule has 0 bridgehead atoms. The fourth-order valence-corrected chi connectivity index (χ4v) is 2.38. The molecule has 0 saturated heterocycles. The van der Waals surface area contributed by atoms with Crippen LogP contribution in [-0.4, -0.2) is 19.1 Å². The van der Waals surface area contributed by atoms with E-state index in [4.69, 9.17) is 0 Å². The molecule has 2 amide bonds. The number of urea groups is 1. The highest BCUT2D eigenvalue weighted by Crippen LogP contribution is 2.04. The lowest BCUT2D eigenvalue weighted by Gasteiger charge is -2.08. The zero-order valence-corrected chi connectivity index (χ0v) is 13.2. The molecule has 0 saturated carbocycles. The largest absolute Gasteiger partial charge is 0.338 e. The van der Waals surface area contributed by atoms with Crippen molar-refractivity contribution in [1.82, 2.24) is 10.6 Å². The number of rotatable bonds is 8. The van der Waals surface area contributed by atoms with Gasteiger partial charge in [-0.2, -0.15) is 0 Å². The second kappa shape index (κ2) is 9.62. The Kier molecular flexibility index (Phi) is 7.11. The van der Waals surface area contributed by atoms with Crippen molar-refractivity contribution < 1.29 is 9.18 Å². The Morgan fingerprint density at radius 2 is 1.57 bits per heavy atom. The molecule has 0 atom stereocenters. The van der Waals surface area contributed by atoms with Crippen LogP contribution in [0.1, 0.15) is 24.0 Å². The average molecular weight is 314 g/mol. The predicted octanol–water partition coefficient (Wildman–Crippen LogP) is 3.69. The molecule has 0 unspecified atom stereocenters. The van der Waals surface area contributed by atoms with Crippen LogP contribution in [0.15, 0.2) is 54.6 Å². The summed E-state index contributed by atoms with van der Waals surface area (Å²) in [5.74, 6) is -0.245. The van der Waals surface area contributed by atoms with Gasteiger partial charge in [0, 0.05) is 13.1 Å². The van der Waals surface area contributed by atoms with Gasteiger partial charge in [-0.1, -0.05) is 42.5 Å². The predicted molar refractivity (Wildman–Crippen MR) is 90.9 cm³/mol. The molecule has 0 aliphatic rings. The minimum atomic E-state index is -0.245. The zero-order valence-electron chi connectivity index (χ0n) is 13.2. The third-order valence-electron chi connectivity index (χ3n) is 3.61. The van der Waals surface area contributed by atoms with E-state index >= 15 is 0 Å². The van der Waals surface area contributed by atoms with E-state index < -0.39 is 0 Å².